The molecule has 44 heavy (non-hydrogen) atoms. The van der Waals surface area contributed by atoms with Crippen molar-refractivity contribution in [1.29, 1.82) is 0 Å². The van der Waals surface area contributed by atoms with E-state index in [-0.39, 0.29) is 11.7 Å². The van der Waals surface area contributed by atoms with E-state index in [4.69, 9.17) is 30.8 Å². The first-order valence-electron chi connectivity index (χ1n) is 14.2. The number of thioether (sulfide) groups is 1. The molecule has 0 aliphatic carbocycles. The van der Waals surface area contributed by atoms with Gasteiger partial charge in [-0.15, -0.1) is 11.8 Å². The first-order chi connectivity index (χ1) is 21.2. The molecule has 1 atom stereocenters. The van der Waals surface area contributed by atoms with Crippen molar-refractivity contribution in [2.45, 2.75) is 51.3 Å². The van der Waals surface area contributed by atoms with Crippen molar-refractivity contribution in [2.75, 3.05) is 12.9 Å². The maximum atomic E-state index is 14.0. The van der Waals surface area contributed by atoms with E-state index >= 15 is 0 Å². The second-order valence-corrected chi connectivity index (χ2v) is 12.7. The number of hydrogen-bond donors (Lipinski definition) is 0. The van der Waals surface area contributed by atoms with Crippen molar-refractivity contribution >= 4 is 46.7 Å². The van der Waals surface area contributed by atoms with E-state index in [1.165, 1.54) is 11.3 Å². The van der Waals surface area contributed by atoms with Crippen molar-refractivity contribution < 1.29 is 19.0 Å². The van der Waals surface area contributed by atoms with Crippen LogP contribution >= 0.6 is 34.7 Å². The van der Waals surface area contributed by atoms with Crippen molar-refractivity contribution in [3.05, 3.63) is 119 Å². The Morgan fingerprint density at radius 3 is 2.45 bits per heavy atom. The fraction of sp³-hybridized carbons (Fsp3) is 0.265. The molecule has 0 N–H and O–H groups in total. The number of rotatable bonds is 10. The van der Waals surface area contributed by atoms with Crippen LogP contribution < -0.4 is 24.4 Å². The molecule has 0 amide bonds. The van der Waals surface area contributed by atoms with E-state index in [0.29, 0.717) is 50.3 Å². The smallest absolute Gasteiger partial charge is 0.338 e. The largest absolute Gasteiger partial charge is 0.490 e. The SMILES string of the molecule is CCOc1cc(/C=c2\sc3n(c2=O)[C@@H](c2ccc(SC)cc2)C(C(=O)OC(C)C)=C(C)N=3)ccc1OCc1ccc(Cl)cc1. The summed E-state index contributed by atoms with van der Waals surface area (Å²) in [5.41, 5.74) is 3.20. The van der Waals surface area contributed by atoms with Gasteiger partial charge in [0, 0.05) is 9.92 Å². The summed E-state index contributed by atoms with van der Waals surface area (Å²) in [4.78, 5) is 33.7. The van der Waals surface area contributed by atoms with Gasteiger partial charge in [0.15, 0.2) is 16.3 Å². The summed E-state index contributed by atoms with van der Waals surface area (Å²) in [6.07, 6.45) is 3.50. The van der Waals surface area contributed by atoms with Crippen LogP contribution in [-0.4, -0.2) is 29.5 Å². The molecule has 0 unspecified atom stereocenters. The predicted molar refractivity (Wildman–Crippen MR) is 177 cm³/mol. The fourth-order valence-corrected chi connectivity index (χ4v) is 6.44. The molecule has 0 saturated heterocycles. The standard InChI is InChI=1S/C34H33ClN2O5S2/c1-6-40-28-17-23(9-16-27(28)41-19-22-7-12-25(35)13-8-22)18-29-32(38)37-31(24-10-14-26(43-5)15-11-24)30(33(39)42-20(2)3)21(4)36-34(37)44-29/h7-18,20,31H,6,19H2,1-5H3/b29-18-/t31-/m0/s1. The first kappa shape index (κ1) is 31.6. The summed E-state index contributed by atoms with van der Waals surface area (Å²) < 4.78 is 19.6. The van der Waals surface area contributed by atoms with E-state index in [1.807, 2.05) is 86.0 Å². The van der Waals surface area contributed by atoms with Crippen LogP contribution in [0.5, 0.6) is 11.5 Å². The lowest BCUT2D eigenvalue weighted by Gasteiger charge is -2.25. The van der Waals surface area contributed by atoms with Gasteiger partial charge in [-0.2, -0.15) is 0 Å². The number of fused-ring (bicyclic) bond motifs is 1. The summed E-state index contributed by atoms with van der Waals surface area (Å²) in [6, 6.07) is 20.3. The van der Waals surface area contributed by atoms with Gasteiger partial charge in [0.05, 0.1) is 34.6 Å². The van der Waals surface area contributed by atoms with Crippen LogP contribution in [0.3, 0.4) is 0 Å². The molecule has 2 heterocycles. The number of allylic oxidation sites excluding steroid dienone is 1. The van der Waals surface area contributed by atoms with E-state index in [2.05, 4.69) is 0 Å². The lowest BCUT2D eigenvalue weighted by molar-refractivity contribution is -0.143. The Labute approximate surface area is 269 Å². The maximum Gasteiger partial charge on any atom is 0.338 e. The summed E-state index contributed by atoms with van der Waals surface area (Å²) in [5.74, 6) is 0.687. The number of esters is 1. The molecule has 7 nitrogen and oxygen atoms in total. The molecule has 1 aromatic heterocycles. The maximum absolute atomic E-state index is 14.0. The van der Waals surface area contributed by atoms with Gasteiger partial charge < -0.3 is 14.2 Å². The Morgan fingerprint density at radius 1 is 1.07 bits per heavy atom. The van der Waals surface area contributed by atoms with Gasteiger partial charge in [0.25, 0.3) is 5.56 Å². The number of benzene rings is 3. The van der Waals surface area contributed by atoms with Gasteiger partial charge in [0.2, 0.25) is 0 Å². The number of aromatic nitrogens is 1. The zero-order valence-electron chi connectivity index (χ0n) is 25.1. The molecule has 4 aromatic rings. The zero-order valence-corrected chi connectivity index (χ0v) is 27.5. The number of hydrogen-bond acceptors (Lipinski definition) is 8. The highest BCUT2D eigenvalue weighted by molar-refractivity contribution is 7.98. The molecule has 1 aliphatic heterocycles. The predicted octanol–water partition coefficient (Wildman–Crippen LogP) is 6.54. The molecule has 228 valence electrons. The van der Waals surface area contributed by atoms with Crippen LogP contribution in [0.1, 0.15) is 50.4 Å². The molecule has 0 spiro atoms. The fourth-order valence-electron chi connectivity index (χ4n) is 4.86. The molecule has 0 bridgehead atoms. The summed E-state index contributed by atoms with van der Waals surface area (Å²) >= 11 is 8.91. The van der Waals surface area contributed by atoms with Crippen LogP contribution in [0.4, 0.5) is 0 Å². The third kappa shape index (κ3) is 6.96. The number of carbonyl (C=O) groups excluding carboxylic acids is 1. The Balaban J connectivity index is 1.55. The average molecular weight is 649 g/mol. The second-order valence-electron chi connectivity index (χ2n) is 10.4. The van der Waals surface area contributed by atoms with Gasteiger partial charge in [-0.3, -0.25) is 9.36 Å². The summed E-state index contributed by atoms with van der Waals surface area (Å²) in [7, 11) is 0. The first-order valence-corrected chi connectivity index (χ1v) is 16.6. The Kier molecular flexibility index (Phi) is 9.98. The van der Waals surface area contributed by atoms with Gasteiger partial charge in [-0.05, 0) is 93.1 Å². The van der Waals surface area contributed by atoms with Gasteiger partial charge in [-0.25, -0.2) is 9.79 Å². The van der Waals surface area contributed by atoms with E-state index < -0.39 is 12.0 Å². The van der Waals surface area contributed by atoms with Crippen LogP contribution in [-0.2, 0) is 16.1 Å². The average Bonchev–Trinajstić information content (AvgIpc) is 3.30. The van der Waals surface area contributed by atoms with E-state index in [9.17, 15) is 9.59 Å². The van der Waals surface area contributed by atoms with Crippen LogP contribution in [0.15, 0.2) is 92.7 Å². The molecule has 3 aromatic carbocycles. The normalized spacial score (nSPS) is 14.8. The summed E-state index contributed by atoms with van der Waals surface area (Å²) in [6.45, 7) is 8.10. The highest BCUT2D eigenvalue weighted by atomic mass is 35.5. The number of nitrogens with zero attached hydrogens (tertiary/aromatic N) is 2. The monoisotopic (exact) mass is 648 g/mol. The molecule has 0 saturated carbocycles. The highest BCUT2D eigenvalue weighted by Crippen LogP contribution is 2.33. The molecular formula is C34H33ClN2O5S2. The highest BCUT2D eigenvalue weighted by Gasteiger charge is 2.33. The zero-order chi connectivity index (χ0) is 31.4. The number of ether oxygens (including phenoxy) is 3. The van der Waals surface area contributed by atoms with E-state index in [1.54, 1.807) is 37.1 Å². The minimum atomic E-state index is -0.668. The van der Waals surface area contributed by atoms with Crippen molar-refractivity contribution in [1.82, 2.24) is 4.57 Å². The minimum Gasteiger partial charge on any atom is -0.490 e. The lowest BCUT2D eigenvalue weighted by Crippen LogP contribution is -2.40. The molecule has 0 radical (unpaired) electrons. The van der Waals surface area contributed by atoms with E-state index in [0.717, 1.165) is 21.6 Å². The van der Waals surface area contributed by atoms with Crippen LogP contribution in [0, 0.1) is 0 Å². The lowest BCUT2D eigenvalue weighted by atomic mass is 9.96. The molecule has 0 fully saturated rings. The van der Waals surface area contributed by atoms with Gasteiger partial charge in [-0.1, -0.05) is 53.3 Å². The van der Waals surface area contributed by atoms with Crippen molar-refractivity contribution in [3.8, 4) is 11.5 Å². The summed E-state index contributed by atoms with van der Waals surface area (Å²) in [5, 5.41) is 0.667. The quantitative estimate of drug-likeness (QED) is 0.144. The van der Waals surface area contributed by atoms with Crippen molar-refractivity contribution in [3.63, 3.8) is 0 Å². The number of thiazole rings is 1. The number of carbonyl (C=O) groups is 1. The van der Waals surface area contributed by atoms with Gasteiger partial charge in [0.1, 0.15) is 6.61 Å². The molecule has 1 aliphatic rings. The van der Waals surface area contributed by atoms with Crippen LogP contribution in [0.2, 0.25) is 5.02 Å². The second kappa shape index (κ2) is 13.9. The van der Waals surface area contributed by atoms with Crippen LogP contribution in [0.25, 0.3) is 6.08 Å². The molecular weight excluding hydrogens is 616 g/mol. The molecule has 10 heteroatoms. The number of halogens is 1. The van der Waals surface area contributed by atoms with Crippen molar-refractivity contribution in [2.24, 2.45) is 4.99 Å². The van der Waals surface area contributed by atoms with Gasteiger partial charge >= 0.3 is 5.97 Å². The minimum absolute atomic E-state index is 0.240. The Hall–Kier alpha value is -3.79. The third-order valence-corrected chi connectivity index (χ3v) is 8.87. The topological polar surface area (TPSA) is 79.1 Å². The Bertz CT molecular complexity index is 1880. The Morgan fingerprint density at radius 2 is 1.80 bits per heavy atom. The third-order valence-electron chi connectivity index (χ3n) is 6.89. The molecule has 5 rings (SSSR count).